The average Bonchev–Trinajstić information content (AvgIpc) is 3.67. The first-order valence-corrected chi connectivity index (χ1v) is 20.8. The average molecular weight is 812 g/mol. The largest absolute Gasteiger partial charge is 0.416 e. The van der Waals surface area contributed by atoms with Crippen molar-refractivity contribution < 1.29 is 32.2 Å². The fourth-order valence-corrected chi connectivity index (χ4v) is 9.92. The highest BCUT2D eigenvalue weighted by atomic mass is 19.4. The summed E-state index contributed by atoms with van der Waals surface area (Å²) in [6, 6.07) is 10.9. The smallest absolute Gasteiger partial charge is 0.379 e. The minimum absolute atomic E-state index is 0.0304. The number of piperazine rings is 1. The first-order chi connectivity index (χ1) is 28.5. The molecule has 14 heteroatoms. The van der Waals surface area contributed by atoms with Crippen LogP contribution in [0.25, 0.3) is 11.0 Å². The molecule has 9 rings (SSSR count). The Labute approximate surface area is 342 Å². The van der Waals surface area contributed by atoms with Gasteiger partial charge in [0.05, 0.1) is 38.2 Å². The highest BCUT2D eigenvalue weighted by molar-refractivity contribution is 6.04. The maximum absolute atomic E-state index is 14.3. The van der Waals surface area contributed by atoms with E-state index < -0.39 is 17.6 Å². The van der Waals surface area contributed by atoms with Gasteiger partial charge in [0.25, 0.3) is 5.91 Å². The maximum atomic E-state index is 14.3. The van der Waals surface area contributed by atoms with Crippen LogP contribution in [0, 0.1) is 36.5 Å². The summed E-state index contributed by atoms with van der Waals surface area (Å²) in [6.07, 6.45) is 6.54. The summed E-state index contributed by atoms with van der Waals surface area (Å²) < 4.78 is 54.5. The number of aromatic nitrogens is 3. The van der Waals surface area contributed by atoms with Crippen LogP contribution in [-0.2, 0) is 27.0 Å². The van der Waals surface area contributed by atoms with Crippen LogP contribution in [0.4, 0.5) is 18.9 Å². The number of rotatable bonds is 14. The quantitative estimate of drug-likeness (QED) is 0.0967. The van der Waals surface area contributed by atoms with Crippen LogP contribution in [0.15, 0.2) is 54.9 Å². The number of alkyl halides is 3. The van der Waals surface area contributed by atoms with Crippen LogP contribution in [0.3, 0.4) is 0 Å². The summed E-state index contributed by atoms with van der Waals surface area (Å²) >= 11 is 0. The van der Waals surface area contributed by atoms with Crippen molar-refractivity contribution in [3.8, 4) is 11.8 Å². The van der Waals surface area contributed by atoms with E-state index in [2.05, 4.69) is 42.6 Å². The fourth-order valence-electron chi connectivity index (χ4n) is 9.92. The number of carbonyl (C=O) groups excluding carboxylic acids is 2. The summed E-state index contributed by atoms with van der Waals surface area (Å²) in [4.78, 5) is 34.5. The highest BCUT2D eigenvalue weighted by Gasteiger charge is 2.51. The number of nitrogens with one attached hydrogen (secondary N) is 3. The number of amides is 2. The summed E-state index contributed by atoms with van der Waals surface area (Å²) in [6.45, 7) is 7.19. The summed E-state index contributed by atoms with van der Waals surface area (Å²) in [7, 11) is 0. The molecule has 4 bridgehead atoms. The van der Waals surface area contributed by atoms with Crippen LogP contribution in [0.5, 0.6) is 0 Å². The number of H-pyrrole nitrogens is 1. The Balaban J connectivity index is 0.746. The van der Waals surface area contributed by atoms with E-state index in [-0.39, 0.29) is 34.8 Å². The van der Waals surface area contributed by atoms with Crippen molar-refractivity contribution in [2.75, 3.05) is 64.5 Å². The molecule has 4 saturated carbocycles. The zero-order valence-electron chi connectivity index (χ0n) is 33.5. The minimum atomic E-state index is -4.60. The molecule has 5 fully saturated rings. The van der Waals surface area contributed by atoms with Gasteiger partial charge < -0.3 is 20.1 Å². The lowest BCUT2D eigenvalue weighted by molar-refractivity contribution is -0.138. The Kier molecular flexibility index (Phi) is 12.4. The lowest BCUT2D eigenvalue weighted by Gasteiger charge is -2.56. The van der Waals surface area contributed by atoms with Gasteiger partial charge in [-0.25, -0.2) is 4.98 Å². The molecule has 1 saturated heterocycles. The van der Waals surface area contributed by atoms with Gasteiger partial charge in [0.1, 0.15) is 0 Å². The molecule has 2 amide bonds. The zero-order chi connectivity index (χ0) is 41.0. The van der Waals surface area contributed by atoms with Crippen molar-refractivity contribution in [3.05, 3.63) is 88.2 Å². The number of carbonyl (C=O) groups is 2. The Morgan fingerprint density at radius 3 is 2.32 bits per heavy atom. The predicted molar refractivity (Wildman–Crippen MR) is 217 cm³/mol. The second-order valence-electron chi connectivity index (χ2n) is 17.0. The van der Waals surface area contributed by atoms with E-state index >= 15 is 0 Å². The molecule has 2 aromatic carbocycles. The van der Waals surface area contributed by atoms with Crippen molar-refractivity contribution in [1.29, 1.82) is 0 Å². The third-order valence-electron chi connectivity index (χ3n) is 12.5. The van der Waals surface area contributed by atoms with Crippen molar-refractivity contribution in [2.24, 2.45) is 17.8 Å². The number of hydrogen-bond acceptors (Lipinski definition) is 8. The standard InChI is InChI=1S/C45H52F3N7O4/c1-30-2-4-36(22-35(30)5-3-31-21-38-28-50-53-42(38)49-27-31)43(57)51-39-7-6-37(40(23-39)45(46,47)48)29-55-11-9-54(10-12-55)13-15-59-17-16-58-14-8-41(56)52-44-24-32-18-33(25-44)20-34(19-32)26-44/h2,4,6-7,21-23,27-28,32-34H,8-20,24-26,29H2,1H3,(H,51,57)(H,52,56)(H,49,50,53). The minimum Gasteiger partial charge on any atom is -0.379 e. The lowest BCUT2D eigenvalue weighted by atomic mass is 9.53. The SMILES string of the molecule is Cc1ccc(C(=O)Nc2ccc(CN3CCN(CCOCCOCCC(=O)NC45CC6CC(CC(C6)C4)C5)CC3)c(C(F)(F)F)c2)cc1C#Cc1cnc2[nH]ncc2c1. The van der Waals surface area contributed by atoms with E-state index in [0.29, 0.717) is 75.8 Å². The number of halogens is 3. The van der Waals surface area contributed by atoms with E-state index in [1.807, 2.05) is 17.9 Å². The van der Waals surface area contributed by atoms with E-state index in [4.69, 9.17) is 9.47 Å². The fraction of sp³-hybridized carbons (Fsp3) is 0.511. The monoisotopic (exact) mass is 811 g/mol. The third kappa shape index (κ3) is 10.3. The van der Waals surface area contributed by atoms with Gasteiger partial charge in [0.15, 0.2) is 5.65 Å². The number of ether oxygens (including phenoxy) is 2. The van der Waals surface area contributed by atoms with Crippen LogP contribution < -0.4 is 10.6 Å². The van der Waals surface area contributed by atoms with Crippen molar-refractivity contribution in [2.45, 2.75) is 70.1 Å². The first-order valence-electron chi connectivity index (χ1n) is 20.8. The van der Waals surface area contributed by atoms with Gasteiger partial charge in [-0.05, 0) is 105 Å². The number of aryl methyl sites for hydroxylation is 1. The van der Waals surface area contributed by atoms with Gasteiger partial charge in [-0.1, -0.05) is 24.0 Å². The number of nitrogens with zero attached hydrogens (tertiary/aromatic N) is 4. The van der Waals surface area contributed by atoms with Crippen LogP contribution in [-0.4, -0.2) is 101 Å². The molecule has 0 unspecified atom stereocenters. The second kappa shape index (κ2) is 17.8. The molecule has 4 aliphatic carbocycles. The van der Waals surface area contributed by atoms with Crippen LogP contribution in [0.2, 0.25) is 0 Å². The van der Waals surface area contributed by atoms with E-state index in [1.54, 1.807) is 30.6 Å². The number of benzene rings is 2. The Bertz CT molecular complexity index is 2170. The first kappa shape index (κ1) is 40.9. The topological polar surface area (TPSA) is 125 Å². The molecule has 312 valence electrons. The molecular weight excluding hydrogens is 760 g/mol. The van der Waals surface area contributed by atoms with Gasteiger partial charge in [0, 0.05) is 85.2 Å². The van der Waals surface area contributed by atoms with E-state index in [1.165, 1.54) is 31.4 Å². The molecule has 0 spiro atoms. The highest BCUT2D eigenvalue weighted by Crippen LogP contribution is 2.55. The summed E-state index contributed by atoms with van der Waals surface area (Å²) in [5, 5.41) is 13.6. The molecule has 59 heavy (non-hydrogen) atoms. The number of fused-ring (bicyclic) bond motifs is 1. The van der Waals surface area contributed by atoms with Gasteiger partial charge >= 0.3 is 6.18 Å². The predicted octanol–water partition coefficient (Wildman–Crippen LogP) is 6.56. The van der Waals surface area contributed by atoms with Crippen LogP contribution >= 0.6 is 0 Å². The molecular formula is C45H52F3N7O4. The molecule has 0 radical (unpaired) electrons. The molecule has 5 aliphatic rings. The van der Waals surface area contributed by atoms with Gasteiger partial charge in [-0.15, -0.1) is 0 Å². The van der Waals surface area contributed by atoms with E-state index in [0.717, 1.165) is 60.6 Å². The van der Waals surface area contributed by atoms with Crippen molar-refractivity contribution in [1.82, 2.24) is 30.3 Å². The second-order valence-corrected chi connectivity index (χ2v) is 17.0. The number of aromatic amines is 1. The van der Waals surface area contributed by atoms with Crippen molar-refractivity contribution >= 4 is 28.5 Å². The molecule has 3 N–H and O–H groups in total. The maximum Gasteiger partial charge on any atom is 0.416 e. The normalized spacial score (nSPS) is 22.9. The summed E-state index contributed by atoms with van der Waals surface area (Å²) in [5.41, 5.74) is 2.57. The lowest BCUT2D eigenvalue weighted by Crippen LogP contribution is -2.59. The molecule has 11 nitrogen and oxygen atoms in total. The van der Waals surface area contributed by atoms with E-state index in [9.17, 15) is 22.8 Å². The Morgan fingerprint density at radius 1 is 0.881 bits per heavy atom. The molecule has 2 aromatic heterocycles. The van der Waals surface area contributed by atoms with Gasteiger partial charge in [-0.3, -0.25) is 24.5 Å². The van der Waals surface area contributed by atoms with Gasteiger partial charge in [-0.2, -0.15) is 18.3 Å². The molecule has 4 aromatic rings. The zero-order valence-corrected chi connectivity index (χ0v) is 33.5. The van der Waals surface area contributed by atoms with Gasteiger partial charge in [0.2, 0.25) is 5.91 Å². The molecule has 1 aliphatic heterocycles. The third-order valence-corrected chi connectivity index (χ3v) is 12.5. The van der Waals surface area contributed by atoms with Crippen LogP contribution in [0.1, 0.15) is 83.1 Å². The molecule has 3 heterocycles. The number of hydrogen-bond donors (Lipinski definition) is 3. The Hall–Kier alpha value is -4.81. The Morgan fingerprint density at radius 2 is 1.59 bits per heavy atom. The summed E-state index contributed by atoms with van der Waals surface area (Å²) in [5.74, 6) is 8.09. The number of anilines is 1. The number of pyridine rings is 1. The van der Waals surface area contributed by atoms with Crippen molar-refractivity contribution in [3.63, 3.8) is 0 Å². The molecule has 0 atom stereocenters.